The zero-order valence-corrected chi connectivity index (χ0v) is 14.8. The molecule has 22 heavy (non-hydrogen) atoms. The molecule has 0 amide bonds. The maximum Gasteiger partial charge on any atom is 0.421 e. The van der Waals surface area contributed by atoms with Gasteiger partial charge in [0, 0.05) is 37.0 Å². The number of hydrogen-bond donors (Lipinski definition) is 1. The van der Waals surface area contributed by atoms with Gasteiger partial charge in [0.25, 0.3) is 0 Å². The molecule has 1 aliphatic heterocycles. The van der Waals surface area contributed by atoms with E-state index in [-0.39, 0.29) is 0 Å². The fraction of sp³-hybridized carbons (Fsp3) is 0.400. The van der Waals surface area contributed by atoms with Crippen molar-refractivity contribution in [2.75, 3.05) is 31.1 Å². The molecule has 1 N–H and O–H groups in total. The number of nitrogens with one attached hydrogen (secondary N) is 1. The Balaban J connectivity index is 1.72. The first-order valence-corrected chi connectivity index (χ1v) is 8.88. The molecule has 2 aromatic rings. The van der Waals surface area contributed by atoms with Crippen molar-refractivity contribution in [3.63, 3.8) is 0 Å². The molecule has 7 heteroatoms. The Morgan fingerprint density at radius 1 is 1.18 bits per heavy atom. The van der Waals surface area contributed by atoms with Crippen molar-refractivity contribution in [3.05, 3.63) is 36.7 Å². The molecule has 0 unspecified atom stereocenters. The highest BCUT2D eigenvalue weighted by Gasteiger charge is 2.13. The van der Waals surface area contributed by atoms with Gasteiger partial charge in [0.2, 0.25) is 0 Å². The Kier molecular flexibility index (Phi) is 5.04. The summed E-state index contributed by atoms with van der Waals surface area (Å²) in [5.41, 5.74) is 2.13. The Morgan fingerprint density at radius 2 is 1.91 bits per heavy atom. The maximum atomic E-state index is 4.37. The van der Waals surface area contributed by atoms with Crippen molar-refractivity contribution in [1.82, 2.24) is 9.88 Å². The van der Waals surface area contributed by atoms with Crippen LogP contribution >= 0.6 is 22.6 Å². The van der Waals surface area contributed by atoms with E-state index < -0.39 is 0 Å². The Labute approximate surface area is 144 Å². The summed E-state index contributed by atoms with van der Waals surface area (Å²) in [6.07, 6.45) is 3.99. The first-order valence-electron chi connectivity index (χ1n) is 7.36. The van der Waals surface area contributed by atoms with Crippen molar-refractivity contribution in [3.8, 4) is 0 Å². The third-order valence-electron chi connectivity index (χ3n) is 3.76. The Morgan fingerprint density at radius 3 is 2.59 bits per heavy atom. The minimum Gasteiger partial charge on any atom is -0.369 e. The van der Waals surface area contributed by atoms with Crippen LogP contribution in [0.5, 0.6) is 0 Å². The number of rotatable bonds is 4. The molecule has 0 saturated carbocycles. The number of imidazole rings is 1. The summed E-state index contributed by atoms with van der Waals surface area (Å²) in [5.74, 6) is 0.848. The number of aryl methyl sites for hydroxylation is 1. The van der Waals surface area contributed by atoms with Gasteiger partial charge in [-0.15, -0.1) is 0 Å². The number of halogens is 1. The van der Waals surface area contributed by atoms with Crippen LogP contribution in [0, 0.1) is 0 Å². The maximum absolute atomic E-state index is 4.37. The predicted molar refractivity (Wildman–Crippen MR) is 95.3 cm³/mol. The van der Waals surface area contributed by atoms with Crippen LogP contribution in [0.2, 0.25) is 0 Å². The molecule has 3 rings (SSSR count). The summed E-state index contributed by atoms with van der Waals surface area (Å²) >= 11 is 2.31. The van der Waals surface area contributed by atoms with Crippen molar-refractivity contribution in [2.24, 2.45) is 17.3 Å². The molecule has 116 valence electrons. The Bertz CT molecular complexity index is 643. The van der Waals surface area contributed by atoms with Crippen molar-refractivity contribution in [1.29, 1.82) is 0 Å². The van der Waals surface area contributed by atoms with Crippen LogP contribution < -0.4 is 14.8 Å². The number of benzene rings is 1. The third kappa shape index (κ3) is 3.46. The number of aromatic nitrogens is 2. The number of alkyl halides is 1. The number of azo groups is 1. The highest BCUT2D eigenvalue weighted by atomic mass is 127. The number of hydrogen-bond acceptors (Lipinski definition) is 4. The SMILES string of the molecule is C[n+]1ccn(CI)c1N=Nc1ccc(N2CCNCC2)cc1. The van der Waals surface area contributed by atoms with E-state index in [1.807, 2.05) is 36.1 Å². The highest BCUT2D eigenvalue weighted by Crippen LogP contribution is 2.21. The number of piperazine rings is 1. The van der Waals surface area contributed by atoms with Gasteiger partial charge in [0.05, 0.1) is 19.4 Å². The predicted octanol–water partition coefficient (Wildman–Crippen LogP) is 2.53. The molecule has 1 aromatic carbocycles. The van der Waals surface area contributed by atoms with Crippen LogP contribution in [-0.2, 0) is 11.6 Å². The fourth-order valence-corrected chi connectivity index (χ4v) is 3.03. The first kappa shape index (κ1) is 15.4. The fourth-order valence-electron chi connectivity index (χ4n) is 2.49. The van der Waals surface area contributed by atoms with Gasteiger partial charge in [-0.2, -0.15) is 0 Å². The summed E-state index contributed by atoms with van der Waals surface area (Å²) in [6.45, 7) is 4.20. The topological polar surface area (TPSA) is 48.8 Å². The van der Waals surface area contributed by atoms with Gasteiger partial charge < -0.3 is 10.2 Å². The van der Waals surface area contributed by atoms with E-state index in [0.717, 1.165) is 42.4 Å². The quantitative estimate of drug-likeness (QED) is 0.364. The third-order valence-corrected chi connectivity index (χ3v) is 4.49. The summed E-state index contributed by atoms with van der Waals surface area (Å²) in [7, 11) is 1.98. The van der Waals surface area contributed by atoms with Gasteiger partial charge in [-0.3, -0.25) is 0 Å². The molecule has 2 heterocycles. The molecule has 0 spiro atoms. The van der Waals surface area contributed by atoms with Gasteiger partial charge in [-0.25, -0.2) is 9.13 Å². The van der Waals surface area contributed by atoms with Crippen molar-refractivity contribution >= 4 is 39.9 Å². The molecule has 0 bridgehead atoms. The minimum absolute atomic E-state index is 0.848. The molecule has 1 aliphatic rings. The molecule has 1 fully saturated rings. The lowest BCUT2D eigenvalue weighted by atomic mass is 10.2. The Hall–Kier alpha value is -1.48. The molecule has 0 aliphatic carbocycles. The van der Waals surface area contributed by atoms with E-state index in [0.29, 0.717) is 0 Å². The molecule has 6 nitrogen and oxygen atoms in total. The van der Waals surface area contributed by atoms with Crippen molar-refractivity contribution < 1.29 is 4.57 Å². The molecular formula is C15H20IN6+. The van der Waals surface area contributed by atoms with Gasteiger partial charge in [0.1, 0.15) is 10.2 Å². The number of anilines is 1. The lowest BCUT2D eigenvalue weighted by Crippen LogP contribution is -2.43. The van der Waals surface area contributed by atoms with Crippen LogP contribution in [-0.4, -0.2) is 30.7 Å². The van der Waals surface area contributed by atoms with Crippen molar-refractivity contribution in [2.45, 2.75) is 4.55 Å². The summed E-state index contributed by atoms with van der Waals surface area (Å²) in [4.78, 5) is 2.39. The van der Waals surface area contributed by atoms with Crippen LogP contribution in [0.4, 0.5) is 17.3 Å². The average molecular weight is 411 g/mol. The lowest BCUT2D eigenvalue weighted by molar-refractivity contribution is -0.657. The molecule has 1 aromatic heterocycles. The monoisotopic (exact) mass is 411 g/mol. The van der Waals surface area contributed by atoms with Gasteiger partial charge in [-0.05, 0) is 46.9 Å². The second-order valence-corrected chi connectivity index (χ2v) is 5.93. The largest absolute Gasteiger partial charge is 0.421 e. The van der Waals surface area contributed by atoms with Gasteiger partial charge in [0.15, 0.2) is 0 Å². The minimum atomic E-state index is 0.848. The average Bonchev–Trinajstić information content (AvgIpc) is 2.94. The van der Waals surface area contributed by atoms with Crippen LogP contribution in [0.1, 0.15) is 0 Å². The molecule has 0 atom stereocenters. The van der Waals surface area contributed by atoms with Crippen LogP contribution in [0.3, 0.4) is 0 Å². The summed E-state index contributed by atoms with van der Waals surface area (Å²) < 4.78 is 4.88. The first-order chi connectivity index (χ1) is 10.8. The smallest absolute Gasteiger partial charge is 0.369 e. The molecule has 1 saturated heterocycles. The van der Waals surface area contributed by atoms with E-state index in [9.17, 15) is 0 Å². The zero-order valence-electron chi connectivity index (χ0n) is 12.6. The van der Waals surface area contributed by atoms with Gasteiger partial charge >= 0.3 is 5.95 Å². The molecule has 0 radical (unpaired) electrons. The normalized spacial score (nSPS) is 15.6. The van der Waals surface area contributed by atoms with E-state index in [1.165, 1.54) is 5.69 Å². The zero-order chi connectivity index (χ0) is 15.4. The second kappa shape index (κ2) is 7.19. The standard InChI is InChI=1S/C15H20IN6/c1-20-10-11-22(12-16)15(20)19-18-13-2-4-14(5-3-13)21-8-6-17-7-9-21/h2-5,10-11,17H,6-9,12H2,1H3/q+1. The van der Waals surface area contributed by atoms with E-state index >= 15 is 0 Å². The van der Waals surface area contributed by atoms with Crippen LogP contribution in [0.25, 0.3) is 0 Å². The second-order valence-electron chi connectivity index (χ2n) is 5.25. The number of nitrogens with zero attached hydrogens (tertiary/aromatic N) is 5. The summed E-state index contributed by atoms with van der Waals surface area (Å²) in [6, 6.07) is 8.30. The van der Waals surface area contributed by atoms with E-state index in [1.54, 1.807) is 0 Å². The highest BCUT2D eigenvalue weighted by molar-refractivity contribution is 14.1. The lowest BCUT2D eigenvalue weighted by Gasteiger charge is -2.29. The molecular weight excluding hydrogens is 391 g/mol. The van der Waals surface area contributed by atoms with E-state index in [2.05, 4.69) is 59.7 Å². The summed E-state index contributed by atoms with van der Waals surface area (Å²) in [5, 5.41) is 12.1. The van der Waals surface area contributed by atoms with E-state index in [4.69, 9.17) is 0 Å². The van der Waals surface area contributed by atoms with Gasteiger partial charge in [-0.1, -0.05) is 5.11 Å². The van der Waals surface area contributed by atoms with Crippen LogP contribution in [0.15, 0.2) is 46.9 Å².